The van der Waals surface area contributed by atoms with E-state index in [0.717, 1.165) is 16.6 Å². The number of carbonyl (C=O) groups is 1. The maximum atomic E-state index is 12.8. The maximum Gasteiger partial charge on any atom is 0.254 e. The van der Waals surface area contributed by atoms with Gasteiger partial charge in [-0.2, -0.15) is 0 Å². The van der Waals surface area contributed by atoms with E-state index < -0.39 is 0 Å². The van der Waals surface area contributed by atoms with Crippen LogP contribution >= 0.6 is 0 Å². The minimum atomic E-state index is -0.150. The summed E-state index contributed by atoms with van der Waals surface area (Å²) in [7, 11) is 3.27. The molecule has 3 rings (SSSR count). The minimum Gasteiger partial charge on any atom is -0.493 e. The van der Waals surface area contributed by atoms with Gasteiger partial charge >= 0.3 is 0 Å². The molecule has 1 amide bonds. The van der Waals surface area contributed by atoms with Gasteiger partial charge in [0, 0.05) is 23.7 Å². The Balaban J connectivity index is 1.80. The van der Waals surface area contributed by atoms with Crippen molar-refractivity contribution in [2.75, 3.05) is 20.8 Å². The molecule has 0 bridgehead atoms. The fraction of sp³-hybridized carbons (Fsp3) is 0.227. The number of fused-ring (bicyclic) bond motifs is 1. The third-order valence-corrected chi connectivity index (χ3v) is 4.33. The summed E-state index contributed by atoms with van der Waals surface area (Å²) in [5, 5.41) is 1.01. The highest BCUT2D eigenvalue weighted by molar-refractivity contribution is 5.94. The lowest BCUT2D eigenvalue weighted by Crippen LogP contribution is -2.27. The molecule has 0 saturated carbocycles. The highest BCUT2D eigenvalue weighted by Gasteiger charge is 2.17. The lowest BCUT2D eigenvalue weighted by Gasteiger charge is -2.18. The van der Waals surface area contributed by atoms with E-state index in [4.69, 9.17) is 9.47 Å². The van der Waals surface area contributed by atoms with Gasteiger partial charge < -0.3 is 14.4 Å². The van der Waals surface area contributed by atoms with Crippen LogP contribution in [0.2, 0.25) is 0 Å². The molecule has 2 aromatic carbocycles. The van der Waals surface area contributed by atoms with E-state index >= 15 is 0 Å². The van der Waals surface area contributed by atoms with Gasteiger partial charge in [-0.3, -0.25) is 4.79 Å². The molecule has 28 heavy (non-hydrogen) atoms. The van der Waals surface area contributed by atoms with Gasteiger partial charge in [-0.25, -0.2) is 9.97 Å². The van der Waals surface area contributed by atoms with Gasteiger partial charge in [-0.05, 0) is 31.2 Å². The summed E-state index contributed by atoms with van der Waals surface area (Å²) in [6.45, 7) is 6.24. The Bertz CT molecular complexity index is 1020. The SMILES string of the molecule is C=CCOc1ccc(C(=O)N(C)Cc2nc(C)c3ccccc3n2)cc1OC. The molecule has 144 valence electrons. The molecule has 1 heterocycles. The molecule has 0 aliphatic heterocycles. The number of carbonyl (C=O) groups excluding carboxylic acids is 1. The second-order valence-electron chi connectivity index (χ2n) is 6.37. The highest BCUT2D eigenvalue weighted by atomic mass is 16.5. The van der Waals surface area contributed by atoms with E-state index in [1.165, 1.54) is 0 Å². The summed E-state index contributed by atoms with van der Waals surface area (Å²) in [5.41, 5.74) is 2.27. The van der Waals surface area contributed by atoms with Gasteiger partial charge in [0.15, 0.2) is 11.5 Å². The molecule has 1 aromatic heterocycles. The zero-order chi connectivity index (χ0) is 20.1. The summed E-state index contributed by atoms with van der Waals surface area (Å²) >= 11 is 0. The Morgan fingerprint density at radius 2 is 1.96 bits per heavy atom. The highest BCUT2D eigenvalue weighted by Crippen LogP contribution is 2.28. The van der Waals surface area contributed by atoms with Gasteiger partial charge in [-0.15, -0.1) is 0 Å². The Morgan fingerprint density at radius 3 is 2.71 bits per heavy atom. The first-order valence-electron chi connectivity index (χ1n) is 8.93. The molecule has 0 saturated heterocycles. The molecular weight excluding hydrogens is 354 g/mol. The van der Waals surface area contributed by atoms with Gasteiger partial charge in [0.05, 0.1) is 19.2 Å². The second kappa shape index (κ2) is 8.52. The smallest absolute Gasteiger partial charge is 0.254 e. The molecule has 0 N–H and O–H groups in total. The third kappa shape index (κ3) is 4.11. The summed E-state index contributed by atoms with van der Waals surface area (Å²) < 4.78 is 10.9. The Morgan fingerprint density at radius 1 is 1.18 bits per heavy atom. The number of para-hydroxylation sites is 1. The minimum absolute atomic E-state index is 0.150. The molecule has 0 atom stereocenters. The van der Waals surface area contributed by atoms with E-state index in [1.54, 1.807) is 43.3 Å². The predicted octanol–water partition coefficient (Wildman–Crippen LogP) is 3.78. The largest absolute Gasteiger partial charge is 0.493 e. The first-order chi connectivity index (χ1) is 13.5. The molecule has 0 unspecified atom stereocenters. The van der Waals surface area contributed by atoms with Crippen molar-refractivity contribution in [3.8, 4) is 11.5 Å². The van der Waals surface area contributed by atoms with Crippen LogP contribution in [0.5, 0.6) is 11.5 Å². The van der Waals surface area contributed by atoms with Crippen LogP contribution in [0, 0.1) is 6.92 Å². The van der Waals surface area contributed by atoms with Crippen LogP contribution < -0.4 is 9.47 Å². The summed E-state index contributed by atoms with van der Waals surface area (Å²) in [4.78, 5) is 23.5. The van der Waals surface area contributed by atoms with Crippen LogP contribution in [0.4, 0.5) is 0 Å². The summed E-state index contributed by atoms with van der Waals surface area (Å²) in [6, 6.07) is 12.9. The number of methoxy groups -OCH3 is 1. The van der Waals surface area contributed by atoms with Crippen LogP contribution in [0.1, 0.15) is 21.9 Å². The van der Waals surface area contributed by atoms with Crippen LogP contribution in [0.25, 0.3) is 10.9 Å². The number of benzene rings is 2. The monoisotopic (exact) mass is 377 g/mol. The van der Waals surface area contributed by atoms with Crippen molar-refractivity contribution >= 4 is 16.8 Å². The lowest BCUT2D eigenvalue weighted by atomic mass is 10.1. The second-order valence-corrected chi connectivity index (χ2v) is 6.37. The Kier molecular flexibility index (Phi) is 5.89. The van der Waals surface area contributed by atoms with Crippen molar-refractivity contribution in [1.82, 2.24) is 14.9 Å². The van der Waals surface area contributed by atoms with Gasteiger partial charge in [0.25, 0.3) is 5.91 Å². The van der Waals surface area contributed by atoms with Crippen molar-refractivity contribution in [1.29, 1.82) is 0 Å². The first kappa shape index (κ1) is 19.4. The fourth-order valence-electron chi connectivity index (χ4n) is 2.94. The van der Waals surface area contributed by atoms with Crippen molar-refractivity contribution in [2.24, 2.45) is 0 Å². The number of aromatic nitrogens is 2. The van der Waals surface area contributed by atoms with Crippen LogP contribution in [-0.4, -0.2) is 41.5 Å². The van der Waals surface area contributed by atoms with E-state index in [1.807, 2.05) is 31.2 Å². The molecule has 0 fully saturated rings. The molecule has 6 nitrogen and oxygen atoms in total. The van der Waals surface area contributed by atoms with Crippen molar-refractivity contribution in [2.45, 2.75) is 13.5 Å². The number of hydrogen-bond acceptors (Lipinski definition) is 5. The molecule has 0 aliphatic carbocycles. The standard InChI is InChI=1S/C22H23N3O3/c1-5-12-28-19-11-10-16(13-20(19)27-4)22(26)25(3)14-21-23-15(2)17-8-6-7-9-18(17)24-21/h5-11,13H,1,12,14H2,2-4H3. The average molecular weight is 377 g/mol. The van der Waals surface area contributed by atoms with Crippen LogP contribution in [0.15, 0.2) is 55.1 Å². The van der Waals surface area contributed by atoms with Crippen LogP contribution in [0.3, 0.4) is 0 Å². The molecular formula is C22H23N3O3. The average Bonchev–Trinajstić information content (AvgIpc) is 2.71. The number of amides is 1. The lowest BCUT2D eigenvalue weighted by molar-refractivity contribution is 0.0781. The molecule has 0 radical (unpaired) electrons. The van der Waals surface area contributed by atoms with E-state index in [9.17, 15) is 4.79 Å². The normalized spacial score (nSPS) is 10.5. The van der Waals surface area contributed by atoms with Crippen molar-refractivity contribution in [3.63, 3.8) is 0 Å². The number of rotatable bonds is 7. The third-order valence-electron chi connectivity index (χ3n) is 4.33. The number of hydrogen-bond donors (Lipinski definition) is 0. The molecule has 0 aliphatic rings. The molecule has 0 spiro atoms. The Hall–Kier alpha value is -3.41. The molecule has 6 heteroatoms. The summed E-state index contributed by atoms with van der Waals surface area (Å²) in [6.07, 6.45) is 1.65. The Labute approximate surface area is 164 Å². The molecule has 3 aromatic rings. The number of nitrogens with zero attached hydrogens (tertiary/aromatic N) is 3. The van der Waals surface area contributed by atoms with Gasteiger partial charge in [0.2, 0.25) is 0 Å². The van der Waals surface area contributed by atoms with Crippen molar-refractivity contribution < 1.29 is 14.3 Å². The number of aryl methyl sites for hydroxylation is 1. The maximum absolute atomic E-state index is 12.8. The topological polar surface area (TPSA) is 64.5 Å². The van der Waals surface area contributed by atoms with E-state index in [-0.39, 0.29) is 5.91 Å². The van der Waals surface area contributed by atoms with Crippen LogP contribution in [-0.2, 0) is 6.54 Å². The van der Waals surface area contributed by atoms with Gasteiger partial charge in [0.1, 0.15) is 12.4 Å². The zero-order valence-corrected chi connectivity index (χ0v) is 16.3. The van der Waals surface area contributed by atoms with Gasteiger partial charge in [-0.1, -0.05) is 30.9 Å². The quantitative estimate of drug-likeness (QED) is 0.586. The summed E-state index contributed by atoms with van der Waals surface area (Å²) in [5.74, 6) is 1.52. The first-order valence-corrected chi connectivity index (χ1v) is 8.93. The number of ether oxygens (including phenoxy) is 2. The van der Waals surface area contributed by atoms with Crippen molar-refractivity contribution in [3.05, 3.63) is 72.2 Å². The zero-order valence-electron chi connectivity index (χ0n) is 16.3. The van der Waals surface area contributed by atoms with E-state index in [0.29, 0.717) is 36.0 Å². The van der Waals surface area contributed by atoms with E-state index in [2.05, 4.69) is 16.5 Å². The predicted molar refractivity (Wildman–Crippen MR) is 109 cm³/mol. The fourth-order valence-corrected chi connectivity index (χ4v) is 2.94.